The lowest BCUT2D eigenvalue weighted by atomic mass is 9.93. The number of carbonyl (C=O) groups is 1. The summed E-state index contributed by atoms with van der Waals surface area (Å²) >= 11 is 0. The van der Waals surface area contributed by atoms with Crippen LogP contribution < -0.4 is 5.32 Å². The number of carbonyl (C=O) groups excluding carboxylic acids is 1. The molecule has 1 amide bonds. The van der Waals surface area contributed by atoms with Gasteiger partial charge in [-0.25, -0.2) is 0 Å². The van der Waals surface area contributed by atoms with Gasteiger partial charge in [0.15, 0.2) is 0 Å². The van der Waals surface area contributed by atoms with Gasteiger partial charge in [0.2, 0.25) is 0 Å². The number of amides is 1. The third kappa shape index (κ3) is 3.10. The number of rotatable bonds is 4. The van der Waals surface area contributed by atoms with E-state index in [1.807, 2.05) is 24.9 Å². The number of hydrogen-bond donors (Lipinski definition) is 2. The summed E-state index contributed by atoms with van der Waals surface area (Å²) in [6, 6.07) is 1.81. The van der Waals surface area contributed by atoms with E-state index in [2.05, 4.69) is 15.5 Å². The van der Waals surface area contributed by atoms with E-state index >= 15 is 0 Å². The number of aromatic nitrogens is 2. The smallest absolute Gasteiger partial charge is 0.274 e. The molecule has 5 heteroatoms. The van der Waals surface area contributed by atoms with Gasteiger partial charge in [-0.3, -0.25) is 9.89 Å². The highest BCUT2D eigenvalue weighted by atomic mass is 16.2. The van der Waals surface area contributed by atoms with Crippen molar-refractivity contribution in [3.05, 3.63) is 17.5 Å². The third-order valence-corrected chi connectivity index (χ3v) is 3.63. The predicted octanol–water partition coefficient (Wildman–Crippen LogP) is 1.18. The molecule has 0 spiro atoms. The van der Waals surface area contributed by atoms with Crippen LogP contribution in [0.3, 0.4) is 0 Å². The molecule has 18 heavy (non-hydrogen) atoms. The predicted molar refractivity (Wildman–Crippen MR) is 70.5 cm³/mol. The lowest BCUT2D eigenvalue weighted by Gasteiger charge is -2.31. The van der Waals surface area contributed by atoms with Gasteiger partial charge in [0.1, 0.15) is 5.69 Å². The lowest BCUT2D eigenvalue weighted by Crippen LogP contribution is -2.39. The molecule has 2 heterocycles. The maximum absolute atomic E-state index is 12.2. The molecule has 0 saturated carbocycles. The summed E-state index contributed by atoms with van der Waals surface area (Å²) < 4.78 is 0. The Morgan fingerprint density at radius 1 is 1.56 bits per heavy atom. The number of nitrogens with one attached hydrogen (secondary N) is 2. The van der Waals surface area contributed by atoms with Crippen LogP contribution in [0.5, 0.6) is 0 Å². The Hall–Kier alpha value is -1.36. The van der Waals surface area contributed by atoms with Crippen LogP contribution in [0.2, 0.25) is 0 Å². The van der Waals surface area contributed by atoms with Gasteiger partial charge >= 0.3 is 0 Å². The molecule has 5 nitrogen and oxygen atoms in total. The van der Waals surface area contributed by atoms with Crippen LogP contribution in [-0.4, -0.2) is 47.7 Å². The van der Waals surface area contributed by atoms with E-state index in [9.17, 15) is 4.79 Å². The minimum atomic E-state index is 0.0615. The van der Waals surface area contributed by atoms with Crippen LogP contribution in [0.4, 0.5) is 0 Å². The number of nitrogens with zero attached hydrogens (tertiary/aromatic N) is 2. The molecule has 1 saturated heterocycles. The second-order valence-corrected chi connectivity index (χ2v) is 5.06. The number of hydrogen-bond acceptors (Lipinski definition) is 3. The zero-order valence-electron chi connectivity index (χ0n) is 11.2. The van der Waals surface area contributed by atoms with Crippen LogP contribution in [0.25, 0.3) is 0 Å². The number of likely N-dealkylation sites (tertiary alicyclic amines) is 1. The second kappa shape index (κ2) is 6.00. The van der Waals surface area contributed by atoms with Crippen molar-refractivity contribution >= 4 is 5.91 Å². The van der Waals surface area contributed by atoms with Crippen LogP contribution in [0.1, 0.15) is 35.4 Å². The molecule has 1 aromatic heterocycles. The molecule has 1 aliphatic heterocycles. The van der Waals surface area contributed by atoms with Crippen molar-refractivity contribution in [3.63, 3.8) is 0 Å². The van der Waals surface area contributed by atoms with Gasteiger partial charge < -0.3 is 10.2 Å². The molecule has 0 unspecified atom stereocenters. The quantitative estimate of drug-likeness (QED) is 0.843. The normalized spacial score (nSPS) is 17.1. The molecule has 0 aliphatic carbocycles. The Kier molecular flexibility index (Phi) is 4.36. The Morgan fingerprint density at radius 3 is 2.83 bits per heavy atom. The highest BCUT2D eigenvalue weighted by Gasteiger charge is 2.24. The lowest BCUT2D eigenvalue weighted by molar-refractivity contribution is 0.0681. The molecular weight excluding hydrogens is 228 g/mol. The Morgan fingerprint density at radius 2 is 2.28 bits per heavy atom. The van der Waals surface area contributed by atoms with Gasteiger partial charge in [-0.1, -0.05) is 0 Å². The SMILES string of the molecule is CNCCC1CCN(C(=O)c2cc(C)[nH]n2)CC1. The molecule has 2 N–H and O–H groups in total. The van der Waals surface area contributed by atoms with Gasteiger partial charge in [-0.15, -0.1) is 0 Å². The fourth-order valence-corrected chi connectivity index (χ4v) is 2.46. The average molecular weight is 250 g/mol. The Balaban J connectivity index is 1.84. The summed E-state index contributed by atoms with van der Waals surface area (Å²) in [5, 5.41) is 10.0. The van der Waals surface area contributed by atoms with Gasteiger partial charge in [0.05, 0.1) is 0 Å². The van der Waals surface area contributed by atoms with E-state index in [-0.39, 0.29) is 5.91 Å². The molecule has 2 rings (SSSR count). The van der Waals surface area contributed by atoms with E-state index in [1.165, 1.54) is 6.42 Å². The summed E-state index contributed by atoms with van der Waals surface area (Å²) in [5.41, 5.74) is 1.48. The molecule has 0 radical (unpaired) electrons. The standard InChI is InChI=1S/C13H22N4O/c1-10-9-12(16-15-10)13(18)17-7-4-11(5-8-17)3-6-14-2/h9,11,14H,3-8H2,1-2H3,(H,15,16). The average Bonchev–Trinajstić information content (AvgIpc) is 2.83. The minimum absolute atomic E-state index is 0.0615. The van der Waals surface area contributed by atoms with Gasteiger partial charge in [0.25, 0.3) is 5.91 Å². The van der Waals surface area contributed by atoms with Crippen LogP contribution in [0.15, 0.2) is 6.07 Å². The van der Waals surface area contributed by atoms with Crippen molar-refractivity contribution in [1.29, 1.82) is 0 Å². The summed E-state index contributed by atoms with van der Waals surface area (Å²) in [6.45, 7) is 4.70. The van der Waals surface area contributed by atoms with Crippen LogP contribution >= 0.6 is 0 Å². The number of H-pyrrole nitrogens is 1. The molecule has 1 aromatic rings. The highest BCUT2D eigenvalue weighted by molar-refractivity contribution is 5.92. The molecule has 100 valence electrons. The zero-order chi connectivity index (χ0) is 13.0. The molecule has 1 fully saturated rings. The molecule has 1 aliphatic rings. The summed E-state index contributed by atoms with van der Waals surface area (Å²) in [5.74, 6) is 0.814. The topological polar surface area (TPSA) is 61.0 Å². The first kappa shape index (κ1) is 13.1. The first-order valence-corrected chi connectivity index (χ1v) is 6.66. The van der Waals surface area contributed by atoms with Crippen molar-refractivity contribution in [2.24, 2.45) is 5.92 Å². The summed E-state index contributed by atoms with van der Waals surface area (Å²) in [7, 11) is 1.98. The van der Waals surface area contributed by atoms with Crippen molar-refractivity contribution in [1.82, 2.24) is 20.4 Å². The van der Waals surface area contributed by atoms with Gasteiger partial charge in [-0.05, 0) is 51.8 Å². The van der Waals surface area contributed by atoms with Crippen molar-refractivity contribution in [2.75, 3.05) is 26.7 Å². The minimum Gasteiger partial charge on any atom is -0.337 e. The molecule has 0 bridgehead atoms. The summed E-state index contributed by atoms with van der Waals surface area (Å²) in [4.78, 5) is 14.1. The number of aryl methyl sites for hydroxylation is 1. The fraction of sp³-hybridized carbons (Fsp3) is 0.692. The number of piperidine rings is 1. The summed E-state index contributed by atoms with van der Waals surface area (Å²) in [6.07, 6.45) is 3.42. The van der Waals surface area contributed by atoms with Crippen LogP contribution in [0, 0.1) is 12.8 Å². The second-order valence-electron chi connectivity index (χ2n) is 5.06. The number of aromatic amines is 1. The highest BCUT2D eigenvalue weighted by Crippen LogP contribution is 2.21. The maximum Gasteiger partial charge on any atom is 0.274 e. The molecular formula is C13H22N4O. The molecule has 0 atom stereocenters. The first-order valence-electron chi connectivity index (χ1n) is 6.66. The third-order valence-electron chi connectivity index (χ3n) is 3.63. The van der Waals surface area contributed by atoms with Crippen molar-refractivity contribution < 1.29 is 4.79 Å². The van der Waals surface area contributed by atoms with E-state index in [1.54, 1.807) is 0 Å². The Labute approximate surface area is 108 Å². The van der Waals surface area contributed by atoms with Crippen molar-refractivity contribution in [2.45, 2.75) is 26.2 Å². The molecule has 0 aromatic carbocycles. The Bertz CT molecular complexity index is 393. The zero-order valence-corrected chi connectivity index (χ0v) is 11.2. The fourth-order valence-electron chi connectivity index (χ4n) is 2.46. The largest absolute Gasteiger partial charge is 0.337 e. The maximum atomic E-state index is 12.2. The first-order chi connectivity index (χ1) is 8.70. The van der Waals surface area contributed by atoms with E-state index in [0.717, 1.165) is 44.1 Å². The van der Waals surface area contributed by atoms with Crippen molar-refractivity contribution in [3.8, 4) is 0 Å². The van der Waals surface area contributed by atoms with Gasteiger partial charge in [-0.2, -0.15) is 5.10 Å². The van der Waals surface area contributed by atoms with Gasteiger partial charge in [0, 0.05) is 18.8 Å². The van der Waals surface area contributed by atoms with E-state index in [4.69, 9.17) is 0 Å². The van der Waals surface area contributed by atoms with E-state index < -0.39 is 0 Å². The van der Waals surface area contributed by atoms with Crippen LogP contribution in [-0.2, 0) is 0 Å². The monoisotopic (exact) mass is 250 g/mol. The van der Waals surface area contributed by atoms with E-state index in [0.29, 0.717) is 5.69 Å².